The summed E-state index contributed by atoms with van der Waals surface area (Å²) in [5.41, 5.74) is 1.22. The van der Waals surface area contributed by atoms with Crippen molar-refractivity contribution in [3.05, 3.63) is 17.7 Å². The van der Waals surface area contributed by atoms with E-state index in [9.17, 15) is 0 Å². The van der Waals surface area contributed by atoms with Crippen molar-refractivity contribution in [2.75, 3.05) is 0 Å². The molecular formula is C10H17N3. The summed E-state index contributed by atoms with van der Waals surface area (Å²) in [4.78, 5) is 7.63. The average Bonchev–Trinajstić information content (AvgIpc) is 2.85. The van der Waals surface area contributed by atoms with Gasteiger partial charge in [0, 0.05) is 30.9 Å². The largest absolute Gasteiger partial charge is 0.345 e. The fourth-order valence-corrected chi connectivity index (χ4v) is 1.40. The van der Waals surface area contributed by atoms with Crippen molar-refractivity contribution in [3.63, 3.8) is 0 Å². The molecule has 0 bridgehead atoms. The molecular weight excluding hydrogens is 162 g/mol. The van der Waals surface area contributed by atoms with Crippen LogP contribution in [-0.4, -0.2) is 16.0 Å². The van der Waals surface area contributed by atoms with Crippen molar-refractivity contribution in [3.8, 4) is 0 Å². The quantitative estimate of drug-likeness (QED) is 0.721. The lowest BCUT2D eigenvalue weighted by Crippen LogP contribution is -2.15. The van der Waals surface area contributed by atoms with Gasteiger partial charge in [-0.3, -0.25) is 0 Å². The van der Waals surface area contributed by atoms with Crippen LogP contribution >= 0.6 is 0 Å². The molecule has 3 heteroatoms. The number of nitrogens with zero attached hydrogens (tertiary/aromatic N) is 1. The summed E-state index contributed by atoms with van der Waals surface area (Å²) in [5, 5.41) is 3.46. The van der Waals surface area contributed by atoms with Gasteiger partial charge in [-0.1, -0.05) is 6.92 Å². The van der Waals surface area contributed by atoms with E-state index in [1.807, 2.05) is 6.20 Å². The monoisotopic (exact) mass is 179 g/mol. The molecule has 0 amide bonds. The van der Waals surface area contributed by atoms with Crippen LogP contribution in [-0.2, 0) is 13.0 Å². The highest BCUT2D eigenvalue weighted by atomic mass is 15.0. The molecule has 1 aromatic heterocycles. The summed E-state index contributed by atoms with van der Waals surface area (Å²) in [6, 6.07) is 0.776. The number of rotatable bonds is 5. The van der Waals surface area contributed by atoms with E-state index in [4.69, 9.17) is 0 Å². The third-order valence-corrected chi connectivity index (χ3v) is 2.33. The molecule has 0 aromatic carbocycles. The Morgan fingerprint density at radius 2 is 2.46 bits per heavy atom. The highest BCUT2D eigenvalue weighted by molar-refractivity contribution is 5.01. The van der Waals surface area contributed by atoms with E-state index in [0.717, 1.165) is 31.3 Å². The molecule has 0 atom stereocenters. The first-order chi connectivity index (χ1) is 6.38. The Bertz CT molecular complexity index is 263. The lowest BCUT2D eigenvalue weighted by Gasteiger charge is -1.98. The summed E-state index contributed by atoms with van der Waals surface area (Å²) in [7, 11) is 0. The van der Waals surface area contributed by atoms with Crippen molar-refractivity contribution < 1.29 is 0 Å². The van der Waals surface area contributed by atoms with Gasteiger partial charge in [-0.15, -0.1) is 0 Å². The van der Waals surface area contributed by atoms with Crippen LogP contribution in [0.5, 0.6) is 0 Å². The van der Waals surface area contributed by atoms with E-state index in [1.54, 1.807) is 0 Å². The van der Waals surface area contributed by atoms with Crippen molar-refractivity contribution in [1.82, 2.24) is 15.3 Å². The predicted octanol–water partition coefficient (Wildman–Crippen LogP) is 1.61. The summed E-state index contributed by atoms with van der Waals surface area (Å²) in [6.07, 6.45) is 6.85. The van der Waals surface area contributed by atoms with Crippen LogP contribution in [0, 0.1) is 0 Å². The smallest absolute Gasteiger partial charge is 0.106 e. The normalized spacial score (nSPS) is 16.4. The van der Waals surface area contributed by atoms with Crippen LogP contribution in [0.3, 0.4) is 0 Å². The molecule has 0 saturated heterocycles. The van der Waals surface area contributed by atoms with E-state index in [1.165, 1.54) is 18.5 Å². The molecule has 2 N–H and O–H groups in total. The molecule has 1 fully saturated rings. The second-order valence-corrected chi connectivity index (χ2v) is 3.76. The summed E-state index contributed by atoms with van der Waals surface area (Å²) in [5.74, 6) is 1.12. The lowest BCUT2D eigenvalue weighted by molar-refractivity contribution is 0.675. The zero-order valence-electron chi connectivity index (χ0n) is 8.14. The van der Waals surface area contributed by atoms with Gasteiger partial charge in [0.15, 0.2) is 0 Å². The third kappa shape index (κ3) is 2.56. The van der Waals surface area contributed by atoms with Gasteiger partial charge in [0.1, 0.15) is 5.82 Å². The first kappa shape index (κ1) is 8.75. The van der Waals surface area contributed by atoms with Gasteiger partial charge >= 0.3 is 0 Å². The zero-order chi connectivity index (χ0) is 9.10. The maximum atomic E-state index is 4.31. The molecule has 3 nitrogen and oxygen atoms in total. The molecule has 0 radical (unpaired) electrons. The first-order valence-electron chi connectivity index (χ1n) is 5.14. The number of hydrogen-bond acceptors (Lipinski definition) is 2. The fraction of sp³-hybridized carbons (Fsp3) is 0.700. The Kier molecular flexibility index (Phi) is 2.64. The Morgan fingerprint density at radius 1 is 1.62 bits per heavy atom. The van der Waals surface area contributed by atoms with Gasteiger partial charge in [-0.2, -0.15) is 0 Å². The molecule has 2 rings (SSSR count). The van der Waals surface area contributed by atoms with Gasteiger partial charge in [0.25, 0.3) is 0 Å². The van der Waals surface area contributed by atoms with Crippen molar-refractivity contribution >= 4 is 0 Å². The third-order valence-electron chi connectivity index (χ3n) is 2.33. The zero-order valence-corrected chi connectivity index (χ0v) is 8.14. The van der Waals surface area contributed by atoms with Crippen molar-refractivity contribution in [1.29, 1.82) is 0 Å². The fourth-order valence-electron chi connectivity index (χ4n) is 1.40. The highest BCUT2D eigenvalue weighted by Gasteiger charge is 2.20. The SMILES string of the molecule is CCCc1ncc(CNC2CC2)[nH]1. The second-order valence-electron chi connectivity index (χ2n) is 3.76. The Morgan fingerprint density at radius 3 is 3.15 bits per heavy atom. The van der Waals surface area contributed by atoms with Gasteiger partial charge in [0.2, 0.25) is 0 Å². The van der Waals surface area contributed by atoms with E-state index in [2.05, 4.69) is 22.2 Å². The summed E-state index contributed by atoms with van der Waals surface area (Å²) >= 11 is 0. The minimum absolute atomic E-state index is 0.776. The molecule has 1 heterocycles. The Hall–Kier alpha value is -0.830. The molecule has 0 aliphatic heterocycles. The average molecular weight is 179 g/mol. The minimum atomic E-state index is 0.776. The number of H-pyrrole nitrogens is 1. The topological polar surface area (TPSA) is 40.7 Å². The van der Waals surface area contributed by atoms with Crippen molar-refractivity contribution in [2.45, 2.75) is 45.2 Å². The Balaban J connectivity index is 1.81. The number of aromatic nitrogens is 2. The van der Waals surface area contributed by atoms with Gasteiger partial charge in [-0.25, -0.2) is 4.98 Å². The molecule has 1 saturated carbocycles. The molecule has 13 heavy (non-hydrogen) atoms. The summed E-state index contributed by atoms with van der Waals surface area (Å²) in [6.45, 7) is 3.12. The first-order valence-corrected chi connectivity index (χ1v) is 5.14. The van der Waals surface area contributed by atoms with Gasteiger partial charge < -0.3 is 10.3 Å². The van der Waals surface area contributed by atoms with Gasteiger partial charge in [0.05, 0.1) is 0 Å². The molecule has 1 aromatic rings. The number of imidazole rings is 1. The molecule has 0 spiro atoms. The minimum Gasteiger partial charge on any atom is -0.345 e. The second kappa shape index (κ2) is 3.92. The molecule has 0 unspecified atom stereocenters. The van der Waals surface area contributed by atoms with Crippen LogP contribution in [0.1, 0.15) is 37.7 Å². The Labute approximate surface area is 79.0 Å². The summed E-state index contributed by atoms with van der Waals surface area (Å²) < 4.78 is 0. The van der Waals surface area contributed by atoms with Crippen LogP contribution in [0.2, 0.25) is 0 Å². The highest BCUT2D eigenvalue weighted by Crippen LogP contribution is 2.18. The van der Waals surface area contributed by atoms with Gasteiger partial charge in [-0.05, 0) is 19.3 Å². The van der Waals surface area contributed by atoms with Crippen LogP contribution in [0.25, 0.3) is 0 Å². The van der Waals surface area contributed by atoms with E-state index in [-0.39, 0.29) is 0 Å². The number of hydrogen-bond donors (Lipinski definition) is 2. The molecule has 72 valence electrons. The number of nitrogens with one attached hydrogen (secondary N) is 2. The van der Waals surface area contributed by atoms with Crippen LogP contribution in [0.15, 0.2) is 6.20 Å². The van der Waals surface area contributed by atoms with E-state index in [0.29, 0.717) is 0 Å². The maximum Gasteiger partial charge on any atom is 0.106 e. The lowest BCUT2D eigenvalue weighted by atomic mass is 10.3. The molecule has 1 aliphatic rings. The number of aryl methyl sites for hydroxylation is 1. The molecule has 1 aliphatic carbocycles. The standard InChI is InChI=1S/C10H17N3/c1-2-3-10-12-7-9(13-10)6-11-8-4-5-8/h7-8,11H,2-6H2,1H3,(H,12,13). The van der Waals surface area contributed by atoms with Crippen LogP contribution in [0.4, 0.5) is 0 Å². The van der Waals surface area contributed by atoms with Crippen LogP contribution < -0.4 is 5.32 Å². The predicted molar refractivity (Wildman–Crippen MR) is 52.4 cm³/mol. The van der Waals surface area contributed by atoms with E-state index < -0.39 is 0 Å². The van der Waals surface area contributed by atoms with E-state index >= 15 is 0 Å². The van der Waals surface area contributed by atoms with Crippen molar-refractivity contribution in [2.24, 2.45) is 0 Å². The maximum absolute atomic E-state index is 4.31. The number of aromatic amines is 1.